The van der Waals surface area contributed by atoms with Gasteiger partial charge in [0.1, 0.15) is 10.8 Å². The van der Waals surface area contributed by atoms with Crippen molar-refractivity contribution < 1.29 is 14.3 Å². The van der Waals surface area contributed by atoms with Crippen LogP contribution in [0.15, 0.2) is 42.6 Å². The Labute approximate surface area is 115 Å². The van der Waals surface area contributed by atoms with E-state index in [-0.39, 0.29) is 12.4 Å². The first-order valence-corrected chi connectivity index (χ1v) is 6.01. The lowest BCUT2D eigenvalue weighted by Gasteiger charge is -2.10. The van der Waals surface area contributed by atoms with E-state index in [1.807, 2.05) is 12.1 Å². The highest BCUT2D eigenvalue weighted by atomic mass is 35.5. The number of carbonyl (C=O) groups is 1. The van der Waals surface area contributed by atoms with Crippen LogP contribution in [0.5, 0.6) is 11.6 Å². The van der Waals surface area contributed by atoms with E-state index in [2.05, 4.69) is 9.72 Å². The van der Waals surface area contributed by atoms with Gasteiger partial charge in [-0.05, 0) is 18.2 Å². The highest BCUT2D eigenvalue weighted by molar-refractivity contribution is 6.31. The molecule has 2 aromatic rings. The van der Waals surface area contributed by atoms with Gasteiger partial charge in [-0.3, -0.25) is 4.79 Å². The molecule has 0 unspecified atom stereocenters. The first-order chi connectivity index (χ1) is 9.20. The van der Waals surface area contributed by atoms with Crippen LogP contribution in [0.1, 0.15) is 5.56 Å². The van der Waals surface area contributed by atoms with Gasteiger partial charge in [0.15, 0.2) is 0 Å². The van der Waals surface area contributed by atoms with E-state index in [4.69, 9.17) is 16.3 Å². The minimum Gasteiger partial charge on any atom is -0.469 e. The van der Waals surface area contributed by atoms with Gasteiger partial charge in [-0.25, -0.2) is 4.98 Å². The minimum absolute atomic E-state index is 0.136. The molecule has 0 aliphatic rings. The van der Waals surface area contributed by atoms with E-state index >= 15 is 0 Å². The average Bonchev–Trinajstić information content (AvgIpc) is 2.43. The molecular formula is C14H12ClNO3. The maximum absolute atomic E-state index is 11.3. The summed E-state index contributed by atoms with van der Waals surface area (Å²) in [7, 11) is 1.35. The van der Waals surface area contributed by atoms with Crippen LogP contribution in [-0.2, 0) is 16.0 Å². The minimum atomic E-state index is -0.330. The van der Waals surface area contributed by atoms with Crippen LogP contribution in [0.4, 0.5) is 0 Å². The normalized spacial score (nSPS) is 10.0. The smallest absolute Gasteiger partial charge is 0.310 e. The van der Waals surface area contributed by atoms with Crippen molar-refractivity contribution in [2.75, 3.05) is 7.11 Å². The second-order valence-electron chi connectivity index (χ2n) is 3.75. The van der Waals surface area contributed by atoms with Gasteiger partial charge in [-0.1, -0.05) is 29.8 Å². The van der Waals surface area contributed by atoms with Crippen molar-refractivity contribution in [1.82, 2.24) is 4.98 Å². The summed E-state index contributed by atoms with van der Waals surface area (Å²) in [5.74, 6) is 0.512. The molecule has 98 valence electrons. The van der Waals surface area contributed by atoms with Gasteiger partial charge in [0, 0.05) is 11.8 Å². The van der Waals surface area contributed by atoms with E-state index in [1.165, 1.54) is 7.11 Å². The average molecular weight is 278 g/mol. The Bertz CT molecular complexity index is 586. The Morgan fingerprint density at radius 1 is 1.26 bits per heavy atom. The Balaban J connectivity index is 2.25. The van der Waals surface area contributed by atoms with Crippen LogP contribution in [0, 0.1) is 0 Å². The monoisotopic (exact) mass is 277 g/mol. The first-order valence-electron chi connectivity index (χ1n) is 5.64. The van der Waals surface area contributed by atoms with Gasteiger partial charge in [0.2, 0.25) is 5.88 Å². The quantitative estimate of drug-likeness (QED) is 0.805. The van der Waals surface area contributed by atoms with Crippen LogP contribution in [0.3, 0.4) is 0 Å². The number of para-hydroxylation sites is 1. The maximum atomic E-state index is 11.3. The fourth-order valence-corrected chi connectivity index (χ4v) is 1.69. The SMILES string of the molecule is COC(=O)Cc1ccccc1Oc1ncccc1Cl. The summed E-state index contributed by atoms with van der Waals surface area (Å²) in [6, 6.07) is 10.6. The summed E-state index contributed by atoms with van der Waals surface area (Å²) in [4.78, 5) is 15.4. The number of aromatic nitrogens is 1. The Kier molecular flexibility index (Phi) is 4.36. The van der Waals surface area contributed by atoms with Crippen molar-refractivity contribution in [3.05, 3.63) is 53.2 Å². The molecule has 0 atom stereocenters. The van der Waals surface area contributed by atoms with Crippen molar-refractivity contribution in [3.8, 4) is 11.6 Å². The molecule has 0 aliphatic carbocycles. The predicted octanol–water partition coefficient (Wildman–Crippen LogP) is 3.24. The number of esters is 1. The zero-order valence-electron chi connectivity index (χ0n) is 10.3. The number of hydrogen-bond donors (Lipinski definition) is 0. The number of benzene rings is 1. The van der Waals surface area contributed by atoms with E-state index in [9.17, 15) is 4.79 Å². The standard InChI is InChI=1S/C14H12ClNO3/c1-18-13(17)9-10-5-2-3-7-12(10)19-14-11(15)6-4-8-16-14/h2-8H,9H2,1H3. The lowest BCUT2D eigenvalue weighted by atomic mass is 10.1. The van der Waals surface area contributed by atoms with Gasteiger partial charge >= 0.3 is 5.97 Å². The fraction of sp³-hybridized carbons (Fsp3) is 0.143. The molecule has 5 heteroatoms. The summed E-state index contributed by atoms with van der Waals surface area (Å²) in [5.41, 5.74) is 0.719. The molecule has 0 spiro atoms. The van der Waals surface area contributed by atoms with Crippen molar-refractivity contribution in [1.29, 1.82) is 0 Å². The molecule has 0 amide bonds. The molecule has 2 rings (SSSR count). The van der Waals surface area contributed by atoms with Crippen molar-refractivity contribution >= 4 is 17.6 Å². The number of ether oxygens (including phenoxy) is 2. The third kappa shape index (κ3) is 3.45. The molecule has 0 fully saturated rings. The number of rotatable bonds is 4. The number of methoxy groups -OCH3 is 1. The fourth-order valence-electron chi connectivity index (χ4n) is 1.53. The topological polar surface area (TPSA) is 48.4 Å². The van der Waals surface area contributed by atoms with E-state index in [0.29, 0.717) is 16.7 Å². The van der Waals surface area contributed by atoms with Crippen LogP contribution in [0.25, 0.3) is 0 Å². The van der Waals surface area contributed by atoms with Gasteiger partial charge in [-0.15, -0.1) is 0 Å². The molecule has 0 bridgehead atoms. The second-order valence-corrected chi connectivity index (χ2v) is 4.16. The molecule has 0 saturated carbocycles. The zero-order chi connectivity index (χ0) is 13.7. The van der Waals surface area contributed by atoms with Gasteiger partial charge in [0.05, 0.1) is 13.5 Å². The summed E-state index contributed by atoms with van der Waals surface area (Å²) in [6.45, 7) is 0. The summed E-state index contributed by atoms with van der Waals surface area (Å²) in [5, 5.41) is 0.412. The van der Waals surface area contributed by atoms with Crippen LogP contribution in [-0.4, -0.2) is 18.1 Å². The first kappa shape index (κ1) is 13.4. The third-order valence-electron chi connectivity index (χ3n) is 2.47. The Morgan fingerprint density at radius 3 is 2.79 bits per heavy atom. The number of carbonyl (C=O) groups excluding carboxylic acids is 1. The van der Waals surface area contributed by atoms with E-state index < -0.39 is 0 Å². The van der Waals surface area contributed by atoms with Crippen LogP contribution in [0.2, 0.25) is 5.02 Å². The molecule has 0 N–H and O–H groups in total. The highest BCUT2D eigenvalue weighted by Crippen LogP contribution is 2.29. The maximum Gasteiger partial charge on any atom is 0.310 e. The molecule has 1 aromatic heterocycles. The highest BCUT2D eigenvalue weighted by Gasteiger charge is 2.11. The van der Waals surface area contributed by atoms with Gasteiger partial charge in [-0.2, -0.15) is 0 Å². The Hall–Kier alpha value is -2.07. The largest absolute Gasteiger partial charge is 0.469 e. The van der Waals surface area contributed by atoms with E-state index in [0.717, 1.165) is 5.56 Å². The van der Waals surface area contributed by atoms with Gasteiger partial charge in [0.25, 0.3) is 0 Å². The lowest BCUT2D eigenvalue weighted by molar-refractivity contribution is -0.139. The van der Waals surface area contributed by atoms with Crippen molar-refractivity contribution in [2.45, 2.75) is 6.42 Å². The third-order valence-corrected chi connectivity index (χ3v) is 2.75. The number of halogens is 1. The van der Waals surface area contributed by atoms with Gasteiger partial charge < -0.3 is 9.47 Å². The summed E-state index contributed by atoms with van der Waals surface area (Å²) >= 11 is 5.98. The molecule has 0 radical (unpaired) electrons. The molecular weight excluding hydrogens is 266 g/mol. The second kappa shape index (κ2) is 6.20. The molecule has 19 heavy (non-hydrogen) atoms. The number of hydrogen-bond acceptors (Lipinski definition) is 4. The zero-order valence-corrected chi connectivity index (χ0v) is 11.1. The summed E-state index contributed by atoms with van der Waals surface area (Å²) in [6.07, 6.45) is 1.72. The molecule has 0 saturated heterocycles. The van der Waals surface area contributed by atoms with Crippen molar-refractivity contribution in [2.24, 2.45) is 0 Å². The predicted molar refractivity (Wildman–Crippen MR) is 71.5 cm³/mol. The molecule has 0 aliphatic heterocycles. The Morgan fingerprint density at radius 2 is 2.05 bits per heavy atom. The molecule has 4 nitrogen and oxygen atoms in total. The molecule has 1 heterocycles. The van der Waals surface area contributed by atoms with Crippen LogP contribution < -0.4 is 4.74 Å². The van der Waals surface area contributed by atoms with Crippen molar-refractivity contribution in [3.63, 3.8) is 0 Å². The lowest BCUT2D eigenvalue weighted by Crippen LogP contribution is -2.05. The number of pyridine rings is 1. The summed E-state index contributed by atoms with van der Waals surface area (Å²) < 4.78 is 10.3. The number of nitrogens with zero attached hydrogens (tertiary/aromatic N) is 1. The molecule has 1 aromatic carbocycles. The van der Waals surface area contributed by atoms with Crippen LogP contribution >= 0.6 is 11.6 Å². The van der Waals surface area contributed by atoms with E-state index in [1.54, 1.807) is 30.5 Å².